The molecular weight excluding hydrogens is 210 g/mol. The Kier molecular flexibility index (Phi) is 3.56. The quantitative estimate of drug-likeness (QED) is 0.813. The van der Waals surface area contributed by atoms with E-state index in [4.69, 9.17) is 6.42 Å². The Morgan fingerprint density at radius 2 is 2.24 bits per heavy atom. The third kappa shape index (κ3) is 2.54. The minimum atomic E-state index is 0.0140. The average Bonchev–Trinajstić information content (AvgIpc) is 2.38. The standard InChI is InChI=1S/C14H15N3/c1-3-7-12(4-2)16-14-13-9-6-5-8-11(13)10-15-17-14/h2,5-6,8-10,12H,3,7H2,1H3,(H,16,17). The van der Waals surface area contributed by atoms with E-state index in [1.54, 1.807) is 6.20 Å². The Labute approximate surface area is 101 Å². The van der Waals surface area contributed by atoms with Gasteiger partial charge in [0.25, 0.3) is 0 Å². The summed E-state index contributed by atoms with van der Waals surface area (Å²) in [4.78, 5) is 0. The molecule has 0 saturated heterocycles. The zero-order valence-electron chi connectivity index (χ0n) is 9.85. The lowest BCUT2D eigenvalue weighted by atomic mass is 10.1. The molecule has 3 nitrogen and oxygen atoms in total. The maximum atomic E-state index is 5.49. The van der Waals surface area contributed by atoms with Crippen LogP contribution in [-0.2, 0) is 0 Å². The van der Waals surface area contributed by atoms with Gasteiger partial charge in [0, 0.05) is 10.8 Å². The number of benzene rings is 1. The molecule has 0 bridgehead atoms. The first-order chi connectivity index (χ1) is 8.35. The summed E-state index contributed by atoms with van der Waals surface area (Å²) in [5.41, 5.74) is 0. The monoisotopic (exact) mass is 225 g/mol. The summed E-state index contributed by atoms with van der Waals surface area (Å²) in [6.45, 7) is 2.11. The molecule has 0 saturated carbocycles. The number of hydrogen-bond donors (Lipinski definition) is 1. The molecule has 0 fully saturated rings. The van der Waals surface area contributed by atoms with Gasteiger partial charge < -0.3 is 5.32 Å². The molecule has 1 aromatic heterocycles. The molecule has 0 aliphatic carbocycles. The third-order valence-corrected chi connectivity index (χ3v) is 2.66. The van der Waals surface area contributed by atoms with E-state index in [-0.39, 0.29) is 6.04 Å². The van der Waals surface area contributed by atoms with Gasteiger partial charge in [0.2, 0.25) is 0 Å². The number of anilines is 1. The molecule has 1 aromatic carbocycles. The maximum Gasteiger partial charge on any atom is 0.157 e. The molecule has 0 radical (unpaired) electrons. The van der Waals surface area contributed by atoms with Crippen molar-refractivity contribution in [3.63, 3.8) is 0 Å². The van der Waals surface area contributed by atoms with E-state index in [9.17, 15) is 0 Å². The van der Waals surface area contributed by atoms with Gasteiger partial charge in [0.1, 0.15) is 0 Å². The predicted molar refractivity (Wildman–Crippen MR) is 70.7 cm³/mol. The van der Waals surface area contributed by atoms with Crippen LogP contribution in [0.5, 0.6) is 0 Å². The molecule has 1 heterocycles. The summed E-state index contributed by atoms with van der Waals surface area (Å²) in [6.07, 6.45) is 9.22. The molecular formula is C14H15N3. The maximum absolute atomic E-state index is 5.49. The second kappa shape index (κ2) is 5.31. The largest absolute Gasteiger partial charge is 0.354 e. The van der Waals surface area contributed by atoms with E-state index in [2.05, 4.69) is 28.4 Å². The Hall–Kier alpha value is -2.08. The Morgan fingerprint density at radius 3 is 3.00 bits per heavy atom. The zero-order chi connectivity index (χ0) is 12.1. The van der Waals surface area contributed by atoms with E-state index in [0.717, 1.165) is 29.4 Å². The van der Waals surface area contributed by atoms with Crippen molar-refractivity contribution in [2.24, 2.45) is 0 Å². The minimum absolute atomic E-state index is 0.0140. The Bertz CT molecular complexity index is 537. The molecule has 1 atom stereocenters. The van der Waals surface area contributed by atoms with E-state index in [1.807, 2.05) is 24.3 Å². The van der Waals surface area contributed by atoms with Gasteiger partial charge in [-0.15, -0.1) is 11.5 Å². The molecule has 86 valence electrons. The number of nitrogens with one attached hydrogen (secondary N) is 1. The number of fused-ring (bicyclic) bond motifs is 1. The second-order valence-corrected chi connectivity index (χ2v) is 3.93. The highest BCUT2D eigenvalue weighted by Gasteiger charge is 2.07. The first kappa shape index (κ1) is 11.4. The van der Waals surface area contributed by atoms with Gasteiger partial charge >= 0.3 is 0 Å². The summed E-state index contributed by atoms with van der Waals surface area (Å²) in [5.74, 6) is 3.50. The number of rotatable bonds is 4. The Balaban J connectivity index is 2.33. The van der Waals surface area contributed by atoms with E-state index >= 15 is 0 Å². The minimum Gasteiger partial charge on any atom is -0.354 e. The SMILES string of the molecule is C#CC(CCC)Nc1nncc2ccccc12. The molecule has 2 aromatic rings. The molecule has 3 heteroatoms. The van der Waals surface area contributed by atoms with E-state index in [1.165, 1.54) is 0 Å². The molecule has 1 unspecified atom stereocenters. The van der Waals surface area contributed by atoms with Crippen LogP contribution >= 0.6 is 0 Å². The molecule has 0 aliphatic rings. The Morgan fingerprint density at radius 1 is 1.41 bits per heavy atom. The normalized spacial score (nSPS) is 12.0. The van der Waals surface area contributed by atoms with Crippen molar-refractivity contribution in [2.75, 3.05) is 5.32 Å². The molecule has 0 spiro atoms. The van der Waals surface area contributed by atoms with Crippen molar-refractivity contribution >= 4 is 16.6 Å². The van der Waals surface area contributed by atoms with Crippen molar-refractivity contribution in [1.82, 2.24) is 10.2 Å². The van der Waals surface area contributed by atoms with Crippen LogP contribution in [0.4, 0.5) is 5.82 Å². The van der Waals surface area contributed by atoms with Crippen LogP contribution in [0.1, 0.15) is 19.8 Å². The molecule has 1 N–H and O–H groups in total. The van der Waals surface area contributed by atoms with Gasteiger partial charge in [-0.1, -0.05) is 43.5 Å². The number of aromatic nitrogens is 2. The highest BCUT2D eigenvalue weighted by Crippen LogP contribution is 2.20. The zero-order valence-corrected chi connectivity index (χ0v) is 9.85. The number of hydrogen-bond acceptors (Lipinski definition) is 3. The average molecular weight is 225 g/mol. The van der Waals surface area contributed by atoms with Gasteiger partial charge in [0.15, 0.2) is 5.82 Å². The summed E-state index contributed by atoms with van der Waals surface area (Å²) in [7, 11) is 0. The molecule has 0 aliphatic heterocycles. The lowest BCUT2D eigenvalue weighted by Crippen LogP contribution is -2.18. The fraction of sp³-hybridized carbons (Fsp3) is 0.286. The van der Waals surface area contributed by atoms with Gasteiger partial charge in [-0.25, -0.2) is 0 Å². The van der Waals surface area contributed by atoms with E-state index in [0.29, 0.717) is 0 Å². The van der Waals surface area contributed by atoms with Crippen molar-refractivity contribution in [3.05, 3.63) is 30.5 Å². The predicted octanol–water partition coefficient (Wildman–Crippen LogP) is 2.84. The number of nitrogens with zero attached hydrogens (tertiary/aromatic N) is 2. The topological polar surface area (TPSA) is 37.8 Å². The van der Waals surface area contributed by atoms with Gasteiger partial charge in [0.05, 0.1) is 12.2 Å². The van der Waals surface area contributed by atoms with E-state index < -0.39 is 0 Å². The van der Waals surface area contributed by atoms with Crippen LogP contribution < -0.4 is 5.32 Å². The van der Waals surface area contributed by atoms with Crippen molar-refractivity contribution < 1.29 is 0 Å². The summed E-state index contributed by atoms with van der Waals surface area (Å²) in [6, 6.07) is 8.02. The molecule has 17 heavy (non-hydrogen) atoms. The lowest BCUT2D eigenvalue weighted by Gasteiger charge is -2.13. The van der Waals surface area contributed by atoms with Crippen molar-refractivity contribution in [1.29, 1.82) is 0 Å². The highest BCUT2D eigenvalue weighted by molar-refractivity contribution is 5.91. The van der Waals surface area contributed by atoms with Gasteiger partial charge in [-0.05, 0) is 6.42 Å². The van der Waals surface area contributed by atoms with Gasteiger partial charge in [-0.2, -0.15) is 5.10 Å². The van der Waals surface area contributed by atoms with Crippen molar-refractivity contribution in [2.45, 2.75) is 25.8 Å². The fourth-order valence-electron chi connectivity index (χ4n) is 1.79. The second-order valence-electron chi connectivity index (χ2n) is 3.93. The molecule has 0 amide bonds. The summed E-state index contributed by atoms with van der Waals surface area (Å²) in [5, 5.41) is 13.5. The van der Waals surface area contributed by atoms with Crippen LogP contribution in [0.2, 0.25) is 0 Å². The molecule has 2 rings (SSSR count). The van der Waals surface area contributed by atoms with Crippen LogP contribution in [0.15, 0.2) is 30.5 Å². The van der Waals surface area contributed by atoms with Crippen LogP contribution in [0.3, 0.4) is 0 Å². The first-order valence-corrected chi connectivity index (χ1v) is 5.78. The van der Waals surface area contributed by atoms with Crippen LogP contribution in [0, 0.1) is 12.3 Å². The first-order valence-electron chi connectivity index (χ1n) is 5.78. The summed E-state index contributed by atoms with van der Waals surface area (Å²) < 4.78 is 0. The summed E-state index contributed by atoms with van der Waals surface area (Å²) >= 11 is 0. The van der Waals surface area contributed by atoms with Crippen LogP contribution in [0.25, 0.3) is 10.8 Å². The van der Waals surface area contributed by atoms with Gasteiger partial charge in [-0.3, -0.25) is 0 Å². The lowest BCUT2D eigenvalue weighted by molar-refractivity contribution is 0.751. The third-order valence-electron chi connectivity index (χ3n) is 2.66. The smallest absolute Gasteiger partial charge is 0.157 e. The number of terminal acetylenes is 1. The van der Waals surface area contributed by atoms with Crippen LogP contribution in [-0.4, -0.2) is 16.2 Å². The van der Waals surface area contributed by atoms with Crippen molar-refractivity contribution in [3.8, 4) is 12.3 Å². The highest BCUT2D eigenvalue weighted by atomic mass is 15.2. The fourth-order valence-corrected chi connectivity index (χ4v) is 1.79.